The number of anilines is 1. The first kappa shape index (κ1) is 19.3. The van der Waals surface area contributed by atoms with Crippen molar-refractivity contribution in [3.63, 3.8) is 0 Å². The molecular weight excluding hydrogens is 346 g/mol. The van der Waals surface area contributed by atoms with E-state index < -0.39 is 0 Å². The summed E-state index contributed by atoms with van der Waals surface area (Å²) in [7, 11) is 0. The van der Waals surface area contributed by atoms with Crippen LogP contribution < -0.4 is 5.32 Å². The lowest BCUT2D eigenvalue weighted by Crippen LogP contribution is -2.41. The molecule has 0 bridgehead atoms. The molecule has 2 aliphatic rings. The Bertz CT molecular complexity index is 699. The fourth-order valence-electron chi connectivity index (χ4n) is 3.88. The number of thiophene rings is 1. The number of carbonyl (C=O) groups is 1. The quantitative estimate of drug-likeness (QED) is 0.856. The lowest BCUT2D eigenvalue weighted by atomic mass is 9.69. The minimum atomic E-state index is -0.0348. The largest absolute Gasteiger partial charge is 0.379 e. The van der Waals surface area contributed by atoms with Crippen molar-refractivity contribution in [1.82, 2.24) is 4.90 Å². The van der Waals surface area contributed by atoms with Gasteiger partial charge in [0.1, 0.15) is 11.1 Å². The van der Waals surface area contributed by atoms with E-state index in [1.54, 1.807) is 11.3 Å². The third-order valence-corrected chi connectivity index (χ3v) is 7.29. The third kappa shape index (κ3) is 4.11. The number of hydrogen-bond donors (Lipinski definition) is 1. The van der Waals surface area contributed by atoms with Crippen molar-refractivity contribution in [2.45, 2.75) is 46.5 Å². The van der Waals surface area contributed by atoms with E-state index in [-0.39, 0.29) is 5.91 Å². The number of morpholine rings is 1. The summed E-state index contributed by atoms with van der Waals surface area (Å²) in [5, 5.41) is 13.4. The molecule has 26 heavy (non-hydrogen) atoms. The van der Waals surface area contributed by atoms with E-state index in [9.17, 15) is 10.1 Å². The average Bonchev–Trinajstić information content (AvgIpc) is 2.98. The predicted molar refractivity (Wildman–Crippen MR) is 105 cm³/mol. The van der Waals surface area contributed by atoms with Crippen molar-refractivity contribution >= 4 is 22.2 Å². The molecule has 0 spiro atoms. The van der Waals surface area contributed by atoms with Crippen molar-refractivity contribution in [1.29, 1.82) is 5.26 Å². The smallest absolute Gasteiger partial charge is 0.239 e. The molecule has 1 aliphatic carbocycles. The molecule has 0 radical (unpaired) electrons. The molecule has 6 heteroatoms. The van der Waals surface area contributed by atoms with Gasteiger partial charge in [0.25, 0.3) is 0 Å². The Morgan fingerprint density at radius 1 is 1.42 bits per heavy atom. The zero-order valence-electron chi connectivity index (χ0n) is 16.1. The van der Waals surface area contributed by atoms with Gasteiger partial charge in [0.2, 0.25) is 5.91 Å². The molecule has 142 valence electrons. The number of hydrogen-bond acceptors (Lipinski definition) is 5. The molecule has 2 heterocycles. The monoisotopic (exact) mass is 375 g/mol. The number of ether oxygens (including phenoxy) is 1. The number of amides is 1. The number of nitriles is 1. The topological polar surface area (TPSA) is 65.4 Å². The van der Waals surface area contributed by atoms with Gasteiger partial charge in [-0.05, 0) is 36.2 Å². The molecule has 0 saturated carbocycles. The van der Waals surface area contributed by atoms with Gasteiger partial charge in [0, 0.05) is 18.0 Å². The zero-order chi connectivity index (χ0) is 18.7. The number of carbonyl (C=O) groups excluding carboxylic acids is 1. The van der Waals surface area contributed by atoms with E-state index in [0.717, 1.165) is 43.8 Å². The highest BCUT2D eigenvalue weighted by Gasteiger charge is 2.34. The fourth-order valence-corrected chi connectivity index (χ4v) is 5.17. The van der Waals surface area contributed by atoms with Crippen LogP contribution in [0.5, 0.6) is 0 Å². The van der Waals surface area contributed by atoms with Gasteiger partial charge in [-0.1, -0.05) is 27.2 Å². The van der Waals surface area contributed by atoms with Gasteiger partial charge in [-0.25, -0.2) is 0 Å². The number of fused-ring (bicyclic) bond motifs is 1. The third-order valence-electron chi connectivity index (χ3n) is 6.12. The molecule has 1 aromatic rings. The standard InChI is InChI=1S/C20H29N3O2S/c1-4-20(2,3)14-5-6-15-16(12-21)19(26-17(15)11-14)22-18(24)13-23-7-9-25-10-8-23/h14H,4-11,13H2,1-3H3,(H,22,24)/t14-/m1/s1. The number of nitrogens with one attached hydrogen (secondary N) is 1. The summed E-state index contributed by atoms with van der Waals surface area (Å²) >= 11 is 1.61. The van der Waals surface area contributed by atoms with Crippen LogP contribution in [-0.4, -0.2) is 43.7 Å². The molecule has 3 rings (SSSR count). The first-order chi connectivity index (χ1) is 12.4. The second-order valence-electron chi connectivity index (χ2n) is 8.04. The van der Waals surface area contributed by atoms with Gasteiger partial charge in [0.05, 0.1) is 25.3 Å². The Hall–Kier alpha value is -1.42. The zero-order valence-corrected chi connectivity index (χ0v) is 16.9. The summed E-state index contributed by atoms with van der Waals surface area (Å²) < 4.78 is 5.32. The van der Waals surface area contributed by atoms with Crippen LogP contribution in [0.4, 0.5) is 5.00 Å². The molecule has 0 unspecified atom stereocenters. The number of rotatable bonds is 5. The van der Waals surface area contributed by atoms with Crippen LogP contribution in [-0.2, 0) is 22.4 Å². The molecule has 1 fully saturated rings. The van der Waals surface area contributed by atoms with Crippen LogP contribution in [0.25, 0.3) is 0 Å². The molecule has 1 amide bonds. The summed E-state index contributed by atoms with van der Waals surface area (Å²) in [6.07, 6.45) is 4.25. The molecule has 1 aliphatic heterocycles. The van der Waals surface area contributed by atoms with E-state index in [0.29, 0.717) is 36.7 Å². The summed E-state index contributed by atoms with van der Waals surface area (Å²) in [4.78, 5) is 15.8. The normalized spacial score (nSPS) is 21.1. The highest BCUT2D eigenvalue weighted by atomic mass is 32.1. The van der Waals surface area contributed by atoms with Gasteiger partial charge in [-0.15, -0.1) is 11.3 Å². The van der Waals surface area contributed by atoms with Crippen LogP contribution in [0.3, 0.4) is 0 Å². The SMILES string of the molecule is CCC(C)(C)[C@@H]1CCc2c(sc(NC(=O)CN3CCOCC3)c2C#N)C1. The van der Waals surface area contributed by atoms with E-state index in [4.69, 9.17) is 4.74 Å². The van der Waals surface area contributed by atoms with Crippen molar-refractivity contribution in [3.8, 4) is 6.07 Å². The summed E-state index contributed by atoms with van der Waals surface area (Å²) in [6, 6.07) is 2.34. The van der Waals surface area contributed by atoms with Crippen molar-refractivity contribution in [3.05, 3.63) is 16.0 Å². The maximum atomic E-state index is 12.4. The first-order valence-corrected chi connectivity index (χ1v) is 10.4. The fraction of sp³-hybridized carbons (Fsp3) is 0.700. The lowest BCUT2D eigenvalue weighted by molar-refractivity contribution is -0.118. The van der Waals surface area contributed by atoms with Crippen molar-refractivity contribution < 1.29 is 9.53 Å². The summed E-state index contributed by atoms with van der Waals surface area (Å²) in [5.74, 6) is 0.606. The van der Waals surface area contributed by atoms with Crippen LogP contribution in [0, 0.1) is 22.7 Å². The van der Waals surface area contributed by atoms with E-state index in [1.807, 2.05) is 0 Å². The van der Waals surface area contributed by atoms with E-state index >= 15 is 0 Å². The molecule has 1 N–H and O–H groups in total. The molecule has 1 aromatic heterocycles. The van der Waals surface area contributed by atoms with Gasteiger partial charge < -0.3 is 10.1 Å². The van der Waals surface area contributed by atoms with Crippen LogP contribution >= 0.6 is 11.3 Å². The average molecular weight is 376 g/mol. The highest BCUT2D eigenvalue weighted by Crippen LogP contribution is 2.45. The Kier molecular flexibility index (Phi) is 6.01. The molecular formula is C20H29N3O2S. The van der Waals surface area contributed by atoms with E-state index in [2.05, 4.69) is 37.1 Å². The Labute approximate surface area is 160 Å². The number of nitrogens with zero attached hydrogens (tertiary/aromatic N) is 2. The first-order valence-electron chi connectivity index (χ1n) is 9.59. The van der Waals surface area contributed by atoms with E-state index in [1.165, 1.54) is 10.4 Å². The summed E-state index contributed by atoms with van der Waals surface area (Å²) in [6.45, 7) is 10.2. The lowest BCUT2D eigenvalue weighted by Gasteiger charge is -2.36. The van der Waals surface area contributed by atoms with Gasteiger partial charge in [0.15, 0.2) is 0 Å². The van der Waals surface area contributed by atoms with Crippen LogP contribution in [0.2, 0.25) is 0 Å². The second-order valence-corrected chi connectivity index (χ2v) is 9.14. The molecule has 0 aromatic carbocycles. The summed E-state index contributed by atoms with van der Waals surface area (Å²) in [5.41, 5.74) is 2.17. The Balaban J connectivity index is 1.71. The Morgan fingerprint density at radius 2 is 2.15 bits per heavy atom. The molecule has 5 nitrogen and oxygen atoms in total. The second kappa shape index (κ2) is 8.08. The minimum Gasteiger partial charge on any atom is -0.379 e. The Morgan fingerprint density at radius 3 is 2.81 bits per heavy atom. The van der Waals surface area contributed by atoms with Gasteiger partial charge >= 0.3 is 0 Å². The minimum absolute atomic E-state index is 0.0348. The van der Waals surface area contributed by atoms with Gasteiger partial charge in [-0.3, -0.25) is 9.69 Å². The molecule has 1 atom stereocenters. The van der Waals surface area contributed by atoms with Crippen LogP contribution in [0.15, 0.2) is 0 Å². The highest BCUT2D eigenvalue weighted by molar-refractivity contribution is 7.16. The maximum Gasteiger partial charge on any atom is 0.239 e. The maximum absolute atomic E-state index is 12.4. The van der Waals surface area contributed by atoms with Crippen molar-refractivity contribution in [2.24, 2.45) is 11.3 Å². The predicted octanol–water partition coefficient (Wildman–Crippen LogP) is 3.43. The van der Waals surface area contributed by atoms with Crippen LogP contribution in [0.1, 0.15) is 49.6 Å². The van der Waals surface area contributed by atoms with Crippen molar-refractivity contribution in [2.75, 3.05) is 38.2 Å². The van der Waals surface area contributed by atoms with Gasteiger partial charge in [-0.2, -0.15) is 5.26 Å². The molecule has 1 saturated heterocycles.